The van der Waals surface area contributed by atoms with Gasteiger partial charge in [-0.05, 0) is 39.5 Å². The van der Waals surface area contributed by atoms with Crippen LogP contribution in [0, 0.1) is 17.2 Å². The fraction of sp³-hybridized carbons (Fsp3) is 0.917. The predicted octanol–water partition coefficient (Wildman–Crippen LogP) is 2.76. The molecule has 0 aliphatic heterocycles. The molecule has 3 nitrogen and oxygen atoms in total. The van der Waals surface area contributed by atoms with E-state index in [0.29, 0.717) is 12.8 Å². The number of halogens is 2. The fourth-order valence-corrected chi connectivity index (χ4v) is 2.75. The molecule has 1 fully saturated rings. The van der Waals surface area contributed by atoms with Gasteiger partial charge in [-0.15, -0.1) is 4.72 Å². The van der Waals surface area contributed by atoms with Crippen LogP contribution < -0.4 is 4.72 Å². The van der Waals surface area contributed by atoms with Crippen molar-refractivity contribution in [1.82, 2.24) is 4.72 Å². The maximum absolute atomic E-state index is 13.0. The molecule has 0 radical (unpaired) electrons. The van der Waals surface area contributed by atoms with E-state index >= 15 is 0 Å². The molecule has 0 aromatic carbocycles. The van der Waals surface area contributed by atoms with E-state index in [1.165, 1.54) is 0 Å². The Balaban J connectivity index is 2.56. The SMILES string of the molecule is CC(C)(C)[S+]([O-])NC(C#N)C1CCC(F)(F)CC1. The molecule has 1 rings (SSSR count). The first kappa shape index (κ1) is 15.7. The molecular weight excluding hydrogens is 258 g/mol. The van der Waals surface area contributed by atoms with Crippen LogP contribution in [0.15, 0.2) is 0 Å². The van der Waals surface area contributed by atoms with Gasteiger partial charge in [-0.1, -0.05) is 0 Å². The molecule has 2 unspecified atom stereocenters. The molecule has 1 N–H and O–H groups in total. The highest BCUT2D eigenvalue weighted by Gasteiger charge is 2.40. The van der Waals surface area contributed by atoms with Crippen molar-refractivity contribution < 1.29 is 13.3 Å². The Bertz CT molecular complexity index is 315. The maximum atomic E-state index is 13.0. The summed E-state index contributed by atoms with van der Waals surface area (Å²) < 4.78 is 40.3. The van der Waals surface area contributed by atoms with E-state index in [0.717, 1.165) is 0 Å². The molecule has 0 bridgehead atoms. The van der Waals surface area contributed by atoms with Gasteiger partial charge in [-0.25, -0.2) is 8.78 Å². The minimum absolute atomic E-state index is 0.138. The van der Waals surface area contributed by atoms with Crippen LogP contribution in [0.1, 0.15) is 46.5 Å². The van der Waals surface area contributed by atoms with Crippen molar-refractivity contribution in [3.63, 3.8) is 0 Å². The maximum Gasteiger partial charge on any atom is 0.248 e. The van der Waals surface area contributed by atoms with Crippen molar-refractivity contribution in [2.75, 3.05) is 0 Å². The van der Waals surface area contributed by atoms with Crippen LogP contribution in [0.25, 0.3) is 0 Å². The first-order valence-corrected chi connectivity index (χ1v) is 7.26. The Morgan fingerprint density at radius 1 is 1.39 bits per heavy atom. The summed E-state index contributed by atoms with van der Waals surface area (Å²) >= 11 is -1.35. The van der Waals surface area contributed by atoms with Gasteiger partial charge in [0.05, 0.1) is 6.07 Å². The van der Waals surface area contributed by atoms with Crippen molar-refractivity contribution in [2.24, 2.45) is 5.92 Å². The second-order valence-electron chi connectivity index (χ2n) is 5.80. The Kier molecular flexibility index (Phi) is 4.98. The number of nitriles is 1. The normalized spacial score (nSPS) is 24.3. The van der Waals surface area contributed by atoms with E-state index in [1.807, 2.05) is 0 Å². The molecule has 104 valence electrons. The van der Waals surface area contributed by atoms with Gasteiger partial charge in [0.25, 0.3) is 0 Å². The number of rotatable bonds is 3. The molecule has 0 heterocycles. The molecule has 6 heteroatoms. The molecule has 1 aliphatic carbocycles. The van der Waals surface area contributed by atoms with E-state index in [1.54, 1.807) is 20.8 Å². The second kappa shape index (κ2) is 5.72. The van der Waals surface area contributed by atoms with E-state index < -0.39 is 28.1 Å². The smallest absolute Gasteiger partial charge is 0.248 e. The van der Waals surface area contributed by atoms with Crippen molar-refractivity contribution >= 4 is 11.4 Å². The minimum atomic E-state index is -2.60. The van der Waals surface area contributed by atoms with E-state index in [9.17, 15) is 13.3 Å². The summed E-state index contributed by atoms with van der Waals surface area (Å²) in [5.41, 5.74) is 0. The molecule has 0 aromatic rings. The van der Waals surface area contributed by atoms with Crippen molar-refractivity contribution in [2.45, 2.75) is 63.2 Å². The topological polar surface area (TPSA) is 58.9 Å². The molecule has 0 aromatic heterocycles. The summed E-state index contributed by atoms with van der Waals surface area (Å²) in [5.74, 6) is -2.74. The summed E-state index contributed by atoms with van der Waals surface area (Å²) in [6.45, 7) is 5.42. The lowest BCUT2D eigenvalue weighted by atomic mass is 9.83. The van der Waals surface area contributed by atoms with Crippen LogP contribution >= 0.6 is 0 Å². The van der Waals surface area contributed by atoms with Crippen LogP contribution in [0.4, 0.5) is 8.78 Å². The number of nitrogens with one attached hydrogen (secondary N) is 1. The fourth-order valence-electron chi connectivity index (χ4n) is 1.92. The van der Waals surface area contributed by atoms with Crippen LogP contribution in [-0.2, 0) is 11.4 Å². The molecular formula is C12H20F2N2OS. The van der Waals surface area contributed by atoms with Crippen molar-refractivity contribution in [1.29, 1.82) is 5.26 Å². The first-order chi connectivity index (χ1) is 8.15. The van der Waals surface area contributed by atoms with E-state index in [2.05, 4.69) is 10.8 Å². The standard InChI is InChI=1S/C12H20F2N2OS/c1-11(2,3)18(17)16-10(8-15)9-4-6-12(13,14)7-5-9/h9-10,16H,4-7H2,1-3H3. The first-order valence-electron chi connectivity index (χ1n) is 6.11. The van der Waals surface area contributed by atoms with Gasteiger partial charge in [0, 0.05) is 24.2 Å². The van der Waals surface area contributed by atoms with Crippen LogP contribution in [0.3, 0.4) is 0 Å². The zero-order chi connectivity index (χ0) is 14.0. The van der Waals surface area contributed by atoms with Crippen molar-refractivity contribution in [3.05, 3.63) is 0 Å². The summed E-state index contributed by atoms with van der Waals surface area (Å²) in [6.07, 6.45) is 0.249. The third-order valence-electron chi connectivity index (χ3n) is 3.16. The lowest BCUT2D eigenvalue weighted by molar-refractivity contribution is -0.0470. The average Bonchev–Trinajstić information content (AvgIpc) is 2.24. The Hall–Kier alpha value is -0.380. The summed E-state index contributed by atoms with van der Waals surface area (Å²) in [7, 11) is 0. The lowest BCUT2D eigenvalue weighted by Gasteiger charge is -2.33. The second-order valence-corrected chi connectivity index (χ2v) is 7.80. The molecule has 1 saturated carbocycles. The number of hydrogen-bond donors (Lipinski definition) is 1. The quantitative estimate of drug-likeness (QED) is 0.808. The molecule has 0 saturated heterocycles. The molecule has 1 aliphatic rings. The van der Waals surface area contributed by atoms with E-state index in [-0.39, 0.29) is 18.8 Å². The van der Waals surface area contributed by atoms with Gasteiger partial charge in [-0.2, -0.15) is 5.26 Å². The molecule has 18 heavy (non-hydrogen) atoms. The van der Waals surface area contributed by atoms with Crippen LogP contribution in [0.5, 0.6) is 0 Å². The van der Waals surface area contributed by atoms with Gasteiger partial charge in [0.1, 0.15) is 10.8 Å². The third-order valence-corrected chi connectivity index (χ3v) is 4.74. The highest BCUT2D eigenvalue weighted by molar-refractivity contribution is 7.90. The van der Waals surface area contributed by atoms with E-state index in [4.69, 9.17) is 5.26 Å². The predicted molar refractivity (Wildman–Crippen MR) is 67.3 cm³/mol. The zero-order valence-electron chi connectivity index (χ0n) is 11.0. The van der Waals surface area contributed by atoms with Gasteiger partial charge < -0.3 is 4.55 Å². The van der Waals surface area contributed by atoms with Crippen LogP contribution in [0.2, 0.25) is 0 Å². The van der Waals surface area contributed by atoms with Crippen LogP contribution in [-0.4, -0.2) is 21.3 Å². The monoisotopic (exact) mass is 278 g/mol. The number of nitrogens with zero attached hydrogens (tertiary/aromatic N) is 1. The number of hydrogen-bond acceptors (Lipinski definition) is 3. The Labute approximate surface area is 110 Å². The Morgan fingerprint density at radius 3 is 2.28 bits per heavy atom. The van der Waals surface area contributed by atoms with Gasteiger partial charge in [-0.3, -0.25) is 0 Å². The highest BCUT2D eigenvalue weighted by Crippen LogP contribution is 2.37. The highest BCUT2D eigenvalue weighted by atomic mass is 32.2. The lowest BCUT2D eigenvalue weighted by Crippen LogP contribution is -2.48. The zero-order valence-corrected chi connectivity index (χ0v) is 11.8. The molecule has 0 spiro atoms. The number of alkyl halides is 2. The Morgan fingerprint density at radius 2 is 1.89 bits per heavy atom. The van der Waals surface area contributed by atoms with Crippen molar-refractivity contribution in [3.8, 4) is 6.07 Å². The molecule has 2 atom stereocenters. The minimum Gasteiger partial charge on any atom is -0.598 e. The average molecular weight is 278 g/mol. The van der Waals surface area contributed by atoms with Gasteiger partial charge >= 0.3 is 0 Å². The molecule has 0 amide bonds. The summed E-state index contributed by atoms with van der Waals surface area (Å²) in [4.78, 5) is 0. The third kappa shape index (κ3) is 4.38. The van der Waals surface area contributed by atoms with Gasteiger partial charge in [0.15, 0.2) is 0 Å². The largest absolute Gasteiger partial charge is 0.598 e. The summed E-state index contributed by atoms with van der Waals surface area (Å²) in [6, 6.07) is 1.44. The van der Waals surface area contributed by atoms with Gasteiger partial charge in [0.2, 0.25) is 5.92 Å². The summed E-state index contributed by atoms with van der Waals surface area (Å²) in [5, 5.41) is 9.09.